The molecule has 3 rings (SSSR count). The van der Waals surface area contributed by atoms with Crippen LogP contribution in [-0.2, 0) is 0 Å². The molecule has 1 aromatic heterocycles. The molecule has 1 saturated carbocycles. The van der Waals surface area contributed by atoms with Gasteiger partial charge < -0.3 is 4.98 Å². The van der Waals surface area contributed by atoms with Gasteiger partial charge in [0, 0.05) is 16.5 Å². The number of aromatic amines is 1. The van der Waals surface area contributed by atoms with Gasteiger partial charge in [0.1, 0.15) is 5.82 Å². The molecule has 0 bridgehead atoms. The highest BCUT2D eigenvalue weighted by molar-refractivity contribution is 14.1. The van der Waals surface area contributed by atoms with Crippen molar-refractivity contribution in [3.05, 3.63) is 48.4 Å². The Kier molecular flexibility index (Phi) is 4.36. The average molecular weight is 415 g/mol. The van der Waals surface area contributed by atoms with E-state index in [4.69, 9.17) is 16.6 Å². The van der Waals surface area contributed by atoms with E-state index in [1.807, 2.05) is 25.1 Å². The topological polar surface area (TPSA) is 45.8 Å². The first-order valence-corrected chi connectivity index (χ1v) is 8.58. The predicted molar refractivity (Wildman–Crippen MR) is 94.0 cm³/mol. The van der Waals surface area contributed by atoms with Crippen LogP contribution in [-0.4, -0.2) is 9.97 Å². The Balaban J connectivity index is 2.13. The second kappa shape index (κ2) is 6.08. The molecule has 5 heteroatoms. The number of rotatable bonds is 2. The monoisotopic (exact) mass is 414 g/mol. The standard InChI is InChI=1S/C16H16ClIN2O/c1-9-8-11(17)6-7-12(9)15-19-14(10-4-2-3-5-10)13(18)16(21)20-15/h6-8,10H,2-5H2,1H3,(H,19,20,21). The van der Waals surface area contributed by atoms with E-state index in [9.17, 15) is 4.79 Å². The highest BCUT2D eigenvalue weighted by Gasteiger charge is 2.23. The Labute approximate surface area is 142 Å². The lowest BCUT2D eigenvalue weighted by Crippen LogP contribution is -2.18. The van der Waals surface area contributed by atoms with Gasteiger partial charge in [0.2, 0.25) is 0 Å². The Morgan fingerprint density at radius 1 is 1.33 bits per heavy atom. The van der Waals surface area contributed by atoms with Crippen molar-refractivity contribution < 1.29 is 0 Å². The molecule has 0 radical (unpaired) electrons. The maximum Gasteiger partial charge on any atom is 0.264 e. The summed E-state index contributed by atoms with van der Waals surface area (Å²) in [6.45, 7) is 1.98. The van der Waals surface area contributed by atoms with Crippen molar-refractivity contribution in [2.24, 2.45) is 0 Å². The van der Waals surface area contributed by atoms with Crippen LogP contribution in [0.4, 0.5) is 0 Å². The number of hydrogen-bond acceptors (Lipinski definition) is 2. The minimum absolute atomic E-state index is 0.0446. The average Bonchev–Trinajstić information content (AvgIpc) is 2.96. The van der Waals surface area contributed by atoms with Crippen LogP contribution in [0.1, 0.15) is 42.9 Å². The molecule has 1 fully saturated rings. The highest BCUT2D eigenvalue weighted by atomic mass is 127. The molecular weight excluding hydrogens is 399 g/mol. The van der Waals surface area contributed by atoms with Gasteiger partial charge in [-0.2, -0.15) is 0 Å². The summed E-state index contributed by atoms with van der Waals surface area (Å²) in [7, 11) is 0. The molecular formula is C16H16ClIN2O. The van der Waals surface area contributed by atoms with E-state index in [2.05, 4.69) is 27.6 Å². The molecule has 110 valence electrons. The van der Waals surface area contributed by atoms with Gasteiger partial charge in [-0.3, -0.25) is 4.79 Å². The summed E-state index contributed by atoms with van der Waals surface area (Å²) in [5.41, 5.74) is 2.87. The van der Waals surface area contributed by atoms with E-state index < -0.39 is 0 Å². The lowest BCUT2D eigenvalue weighted by molar-refractivity contribution is 0.687. The van der Waals surface area contributed by atoms with Crippen LogP contribution in [0.15, 0.2) is 23.0 Å². The van der Waals surface area contributed by atoms with Crippen LogP contribution < -0.4 is 5.56 Å². The molecule has 1 heterocycles. The van der Waals surface area contributed by atoms with Gasteiger partial charge >= 0.3 is 0 Å². The zero-order chi connectivity index (χ0) is 15.0. The van der Waals surface area contributed by atoms with Crippen molar-refractivity contribution in [1.29, 1.82) is 0 Å². The molecule has 0 aliphatic heterocycles. The normalized spacial score (nSPS) is 15.6. The van der Waals surface area contributed by atoms with Crippen molar-refractivity contribution in [1.82, 2.24) is 9.97 Å². The van der Waals surface area contributed by atoms with E-state index in [0.29, 0.717) is 16.8 Å². The predicted octanol–water partition coefficient (Wildman–Crippen LogP) is 4.66. The van der Waals surface area contributed by atoms with E-state index in [-0.39, 0.29) is 5.56 Å². The number of halogens is 2. The zero-order valence-corrected chi connectivity index (χ0v) is 14.7. The van der Waals surface area contributed by atoms with Crippen molar-refractivity contribution >= 4 is 34.2 Å². The summed E-state index contributed by atoms with van der Waals surface area (Å²) in [5.74, 6) is 1.07. The van der Waals surface area contributed by atoms with Gasteiger partial charge in [-0.1, -0.05) is 24.4 Å². The molecule has 1 N–H and O–H groups in total. The minimum atomic E-state index is -0.0446. The molecule has 1 aliphatic rings. The maximum absolute atomic E-state index is 12.2. The Bertz CT molecular complexity index is 736. The number of nitrogens with zero attached hydrogens (tertiary/aromatic N) is 1. The van der Waals surface area contributed by atoms with Crippen LogP contribution in [0.25, 0.3) is 11.4 Å². The van der Waals surface area contributed by atoms with Gasteiger partial charge in [0.05, 0.1) is 9.26 Å². The lowest BCUT2D eigenvalue weighted by Gasteiger charge is -2.13. The third-order valence-corrected chi connectivity index (χ3v) is 5.35. The summed E-state index contributed by atoms with van der Waals surface area (Å²) in [6.07, 6.45) is 4.71. The second-order valence-electron chi connectivity index (χ2n) is 5.55. The molecule has 2 aromatic rings. The van der Waals surface area contributed by atoms with E-state index in [0.717, 1.165) is 33.2 Å². The van der Waals surface area contributed by atoms with E-state index in [1.165, 1.54) is 12.8 Å². The summed E-state index contributed by atoms with van der Waals surface area (Å²) < 4.78 is 0.731. The summed E-state index contributed by atoms with van der Waals surface area (Å²) >= 11 is 8.12. The number of aryl methyl sites for hydroxylation is 1. The fourth-order valence-corrected chi connectivity index (χ4v) is 3.89. The molecule has 0 amide bonds. The quantitative estimate of drug-likeness (QED) is 0.727. The first-order valence-electron chi connectivity index (χ1n) is 7.12. The molecule has 21 heavy (non-hydrogen) atoms. The SMILES string of the molecule is Cc1cc(Cl)ccc1-c1nc(C2CCCC2)c(I)c(=O)[nH]1. The number of aromatic nitrogens is 2. The summed E-state index contributed by atoms with van der Waals surface area (Å²) in [4.78, 5) is 19.9. The van der Waals surface area contributed by atoms with Crippen LogP contribution in [0.2, 0.25) is 5.02 Å². The van der Waals surface area contributed by atoms with Crippen LogP contribution in [0.5, 0.6) is 0 Å². The Morgan fingerprint density at radius 2 is 2.05 bits per heavy atom. The molecule has 1 aliphatic carbocycles. The Morgan fingerprint density at radius 3 is 2.71 bits per heavy atom. The van der Waals surface area contributed by atoms with Gasteiger partial charge in [0.15, 0.2) is 0 Å². The highest BCUT2D eigenvalue weighted by Crippen LogP contribution is 2.35. The van der Waals surface area contributed by atoms with Gasteiger partial charge in [-0.05, 0) is 66.1 Å². The molecule has 0 unspecified atom stereocenters. The van der Waals surface area contributed by atoms with Crippen molar-refractivity contribution in [3.63, 3.8) is 0 Å². The fraction of sp³-hybridized carbons (Fsp3) is 0.375. The van der Waals surface area contributed by atoms with E-state index in [1.54, 1.807) is 0 Å². The number of H-pyrrole nitrogens is 1. The first kappa shape index (κ1) is 15.0. The third kappa shape index (κ3) is 3.01. The fourth-order valence-electron chi connectivity index (χ4n) is 2.97. The summed E-state index contributed by atoms with van der Waals surface area (Å²) in [5, 5.41) is 0.695. The van der Waals surface area contributed by atoms with Gasteiger partial charge in [-0.15, -0.1) is 0 Å². The van der Waals surface area contributed by atoms with Gasteiger partial charge in [0.25, 0.3) is 5.56 Å². The van der Waals surface area contributed by atoms with Gasteiger partial charge in [-0.25, -0.2) is 4.98 Å². The molecule has 1 aromatic carbocycles. The second-order valence-corrected chi connectivity index (χ2v) is 7.07. The number of benzene rings is 1. The van der Waals surface area contributed by atoms with Crippen molar-refractivity contribution in [2.45, 2.75) is 38.5 Å². The van der Waals surface area contributed by atoms with Crippen LogP contribution >= 0.6 is 34.2 Å². The number of nitrogens with one attached hydrogen (secondary N) is 1. The number of hydrogen-bond donors (Lipinski definition) is 1. The molecule has 0 atom stereocenters. The van der Waals surface area contributed by atoms with Crippen LogP contribution in [0.3, 0.4) is 0 Å². The third-order valence-electron chi connectivity index (χ3n) is 4.07. The smallest absolute Gasteiger partial charge is 0.264 e. The minimum Gasteiger partial charge on any atom is -0.306 e. The summed E-state index contributed by atoms with van der Waals surface area (Å²) in [6, 6.07) is 5.64. The van der Waals surface area contributed by atoms with Crippen LogP contribution in [0, 0.1) is 10.5 Å². The largest absolute Gasteiger partial charge is 0.306 e. The molecule has 0 saturated heterocycles. The molecule has 0 spiro atoms. The van der Waals surface area contributed by atoms with E-state index >= 15 is 0 Å². The first-order chi connectivity index (χ1) is 10.1. The van der Waals surface area contributed by atoms with Crippen molar-refractivity contribution in [2.75, 3.05) is 0 Å². The molecule has 3 nitrogen and oxygen atoms in total. The Hall–Kier alpha value is -0.880. The zero-order valence-electron chi connectivity index (χ0n) is 11.7. The maximum atomic E-state index is 12.2. The lowest BCUT2D eigenvalue weighted by atomic mass is 10.0. The van der Waals surface area contributed by atoms with Crippen molar-refractivity contribution in [3.8, 4) is 11.4 Å².